The van der Waals surface area contributed by atoms with E-state index in [1.165, 1.54) is 116 Å². The molecule has 11 atom stereocenters. The first-order valence-electron chi connectivity index (χ1n) is 24.6. The van der Waals surface area contributed by atoms with Crippen molar-refractivity contribution >= 4 is 11.9 Å². The Morgan fingerprint density at radius 2 is 0.903 bits per heavy atom. The number of carbonyl (C=O) groups excluding carboxylic acids is 2. The van der Waals surface area contributed by atoms with Crippen molar-refractivity contribution in [2.45, 2.75) is 261 Å². The molecule has 2 fully saturated rings. The third-order valence-corrected chi connectivity index (χ3v) is 12.0. The van der Waals surface area contributed by atoms with Crippen LogP contribution in [0.4, 0.5) is 0 Å². The molecule has 15 nitrogen and oxygen atoms in total. The van der Waals surface area contributed by atoms with Crippen LogP contribution in [0.5, 0.6) is 0 Å². The van der Waals surface area contributed by atoms with Crippen molar-refractivity contribution in [3.05, 3.63) is 0 Å². The van der Waals surface area contributed by atoms with Crippen molar-refractivity contribution in [1.82, 2.24) is 0 Å². The van der Waals surface area contributed by atoms with Crippen LogP contribution in [0.15, 0.2) is 0 Å². The molecule has 0 spiro atoms. The third-order valence-electron chi connectivity index (χ3n) is 12.0. The topological polar surface area (TPSA) is 231 Å². The fraction of sp³-hybridized carbons (Fsp3) is 0.957. The second kappa shape index (κ2) is 35.7. The lowest BCUT2D eigenvalue weighted by molar-refractivity contribution is -0.361. The summed E-state index contributed by atoms with van der Waals surface area (Å²) in [6.45, 7) is 2.46. The summed E-state index contributed by atoms with van der Waals surface area (Å²) in [5.74, 6) is -0.951. The van der Waals surface area contributed by atoms with Gasteiger partial charge in [0.25, 0.3) is 0 Å². The van der Waals surface area contributed by atoms with E-state index in [2.05, 4.69) is 13.8 Å². The SMILES string of the molecule is CCCCCCCCCCCCCCCC(=O)OC[C@H](O)CO[C@@H]1O[C@@H](COC(=O)CCCCCCCCCCCCCCC)[C@@H](O)[C@H](O[C@@H]2O[C@H](CO)[C@@H](O)[C@H](O)[C@@H]2O)[C@@H]1O. The maximum atomic E-state index is 12.7. The first-order chi connectivity index (χ1) is 30.0. The Morgan fingerprint density at radius 3 is 1.35 bits per heavy atom. The van der Waals surface area contributed by atoms with E-state index < -0.39 is 99.3 Å². The number of rotatable bonds is 38. The van der Waals surface area contributed by atoms with Gasteiger partial charge in [0.2, 0.25) is 0 Å². The van der Waals surface area contributed by atoms with Crippen LogP contribution in [0.1, 0.15) is 194 Å². The number of ether oxygens (including phenoxy) is 6. The second-order valence-corrected chi connectivity index (χ2v) is 17.7. The summed E-state index contributed by atoms with van der Waals surface area (Å²) in [4.78, 5) is 25.0. The van der Waals surface area contributed by atoms with Crippen LogP contribution in [-0.4, -0.2) is 142 Å². The zero-order valence-electron chi connectivity index (χ0n) is 38.4. The van der Waals surface area contributed by atoms with Crippen molar-refractivity contribution in [1.29, 1.82) is 0 Å². The highest BCUT2D eigenvalue weighted by Crippen LogP contribution is 2.30. The molecule has 0 radical (unpaired) electrons. The molecular formula is C47H88O15. The summed E-state index contributed by atoms with van der Waals surface area (Å²) in [6, 6.07) is 0. The van der Waals surface area contributed by atoms with Gasteiger partial charge in [0.05, 0.1) is 13.2 Å². The maximum Gasteiger partial charge on any atom is 0.305 e. The smallest absolute Gasteiger partial charge is 0.305 e. The van der Waals surface area contributed by atoms with Gasteiger partial charge < -0.3 is 64.2 Å². The second-order valence-electron chi connectivity index (χ2n) is 17.7. The van der Waals surface area contributed by atoms with Crippen molar-refractivity contribution < 1.29 is 73.8 Å². The molecule has 2 aliphatic rings. The van der Waals surface area contributed by atoms with Crippen LogP contribution < -0.4 is 0 Å². The van der Waals surface area contributed by atoms with Gasteiger partial charge in [-0.15, -0.1) is 0 Å². The van der Waals surface area contributed by atoms with E-state index >= 15 is 0 Å². The summed E-state index contributed by atoms with van der Waals surface area (Å²) in [5, 5.41) is 73.7. The minimum atomic E-state index is -1.83. The molecular weight excluding hydrogens is 805 g/mol. The minimum absolute atomic E-state index is 0.165. The summed E-state index contributed by atoms with van der Waals surface area (Å²) in [7, 11) is 0. The number of hydrogen-bond acceptors (Lipinski definition) is 15. The third kappa shape index (κ3) is 24.1. The van der Waals surface area contributed by atoms with Crippen molar-refractivity contribution in [3.8, 4) is 0 Å². The minimum Gasteiger partial charge on any atom is -0.463 e. The van der Waals surface area contributed by atoms with Crippen molar-refractivity contribution in [3.63, 3.8) is 0 Å². The lowest BCUT2D eigenvalue weighted by atomic mass is 9.97. The van der Waals surface area contributed by atoms with E-state index in [-0.39, 0.29) is 19.4 Å². The Morgan fingerprint density at radius 1 is 0.484 bits per heavy atom. The Hall–Kier alpha value is -1.50. The molecule has 2 rings (SSSR count). The predicted octanol–water partition coefficient (Wildman–Crippen LogP) is 6.04. The molecule has 366 valence electrons. The molecule has 2 saturated heterocycles. The molecule has 2 aliphatic heterocycles. The number of hydrogen-bond donors (Lipinski definition) is 7. The molecule has 0 aromatic rings. The quantitative estimate of drug-likeness (QED) is 0.0277. The van der Waals surface area contributed by atoms with E-state index in [1.807, 2.05) is 0 Å². The van der Waals surface area contributed by atoms with E-state index in [1.54, 1.807) is 0 Å². The lowest BCUT2D eigenvalue weighted by Gasteiger charge is -2.46. The number of aliphatic hydroxyl groups is 7. The summed E-state index contributed by atoms with van der Waals surface area (Å²) in [5.41, 5.74) is 0. The highest BCUT2D eigenvalue weighted by Gasteiger charge is 2.51. The normalized spacial score (nSPS) is 27.0. The molecule has 0 unspecified atom stereocenters. The summed E-state index contributed by atoms with van der Waals surface area (Å²) in [6.07, 6.45) is 13.5. The van der Waals surface area contributed by atoms with E-state index in [9.17, 15) is 45.3 Å². The maximum absolute atomic E-state index is 12.7. The van der Waals surface area contributed by atoms with Gasteiger partial charge in [-0.1, -0.05) is 168 Å². The van der Waals surface area contributed by atoms with Crippen molar-refractivity contribution in [2.75, 3.05) is 26.4 Å². The summed E-state index contributed by atoms with van der Waals surface area (Å²) < 4.78 is 33.3. The van der Waals surface area contributed by atoms with Crippen LogP contribution in [0.2, 0.25) is 0 Å². The first-order valence-corrected chi connectivity index (χ1v) is 24.6. The Balaban J connectivity index is 1.78. The van der Waals surface area contributed by atoms with Gasteiger partial charge in [0, 0.05) is 12.8 Å². The van der Waals surface area contributed by atoms with Gasteiger partial charge in [0.1, 0.15) is 68.1 Å². The van der Waals surface area contributed by atoms with Gasteiger partial charge in [-0.2, -0.15) is 0 Å². The van der Waals surface area contributed by atoms with Gasteiger partial charge in [-0.05, 0) is 12.8 Å². The molecule has 2 heterocycles. The summed E-state index contributed by atoms with van der Waals surface area (Å²) >= 11 is 0. The predicted molar refractivity (Wildman–Crippen MR) is 234 cm³/mol. The first kappa shape index (κ1) is 56.6. The fourth-order valence-corrected chi connectivity index (χ4v) is 8.01. The molecule has 0 aliphatic carbocycles. The average molecular weight is 893 g/mol. The van der Waals surface area contributed by atoms with Crippen LogP contribution >= 0.6 is 0 Å². The number of esters is 2. The van der Waals surface area contributed by atoms with Gasteiger partial charge >= 0.3 is 11.9 Å². The molecule has 15 heteroatoms. The highest BCUT2D eigenvalue weighted by molar-refractivity contribution is 5.69. The zero-order valence-corrected chi connectivity index (χ0v) is 38.4. The Labute approximate surface area is 372 Å². The van der Waals surface area contributed by atoms with Crippen molar-refractivity contribution in [2.24, 2.45) is 0 Å². The van der Waals surface area contributed by atoms with Gasteiger partial charge in [-0.25, -0.2) is 0 Å². The largest absolute Gasteiger partial charge is 0.463 e. The Bertz CT molecular complexity index is 1100. The fourth-order valence-electron chi connectivity index (χ4n) is 8.01. The number of carbonyl (C=O) groups is 2. The molecule has 0 aromatic heterocycles. The van der Waals surface area contributed by atoms with Gasteiger partial charge in [0.15, 0.2) is 12.6 Å². The van der Waals surface area contributed by atoms with Crippen LogP contribution in [0.3, 0.4) is 0 Å². The van der Waals surface area contributed by atoms with Crippen LogP contribution in [0, 0.1) is 0 Å². The monoisotopic (exact) mass is 893 g/mol. The Kier molecular flexibility index (Phi) is 32.6. The number of aliphatic hydroxyl groups excluding tert-OH is 7. The van der Waals surface area contributed by atoms with Gasteiger partial charge in [-0.3, -0.25) is 9.59 Å². The molecule has 0 aromatic carbocycles. The highest BCUT2D eigenvalue weighted by atomic mass is 16.7. The van der Waals surface area contributed by atoms with E-state index in [0.717, 1.165) is 38.5 Å². The molecule has 0 amide bonds. The standard InChI is InChI=1S/C47H88O15/c1-3-5-7-9-11-13-15-17-19-21-23-25-27-29-38(50)57-32-35(49)33-59-46-44(56)45(62-47-43(55)42(54)40(52)36(31-48)60-47)41(53)37(61-46)34-58-39(51)30-28-26-24-22-20-18-16-14-12-10-8-6-4-2/h35-37,40-49,52-56H,3-34H2,1-2H3/t35-,36+,37-,40+,41+,42-,43-,44-,45-,46+,47-/m0/s1. The number of unbranched alkanes of at least 4 members (excludes halogenated alkanes) is 24. The molecule has 0 bridgehead atoms. The van der Waals surface area contributed by atoms with E-state index in [4.69, 9.17) is 28.4 Å². The van der Waals surface area contributed by atoms with E-state index in [0.29, 0.717) is 12.8 Å². The molecule has 0 saturated carbocycles. The average Bonchev–Trinajstić information content (AvgIpc) is 3.26. The molecule has 62 heavy (non-hydrogen) atoms. The molecule has 7 N–H and O–H groups in total. The zero-order chi connectivity index (χ0) is 45.4. The van der Waals surface area contributed by atoms with Crippen LogP contribution in [0.25, 0.3) is 0 Å². The lowest BCUT2D eigenvalue weighted by Crippen LogP contribution is -2.65. The van der Waals surface area contributed by atoms with Crippen LogP contribution in [-0.2, 0) is 38.0 Å².